The van der Waals surface area contributed by atoms with Crippen molar-refractivity contribution < 1.29 is 14.3 Å². The summed E-state index contributed by atoms with van der Waals surface area (Å²) < 4.78 is 12.0. The Bertz CT molecular complexity index is 692. The average molecular weight is 421 g/mol. The lowest BCUT2D eigenvalue weighted by Crippen LogP contribution is -2.37. The lowest BCUT2D eigenvalue weighted by atomic mass is 10.1. The number of methoxy groups -OCH3 is 1. The number of likely N-dealkylation sites (N-methyl/N-ethyl adjacent to an activating group) is 1. The summed E-state index contributed by atoms with van der Waals surface area (Å²) in [5.74, 6) is 1.68. The fraction of sp³-hybridized carbons (Fsp3) is 0.350. The van der Waals surface area contributed by atoms with Crippen molar-refractivity contribution in [2.24, 2.45) is 0 Å². The number of ether oxygens (including phenoxy) is 2. The zero-order valence-electron chi connectivity index (χ0n) is 15.2. The van der Waals surface area contributed by atoms with Crippen molar-refractivity contribution in [3.8, 4) is 11.5 Å². The Balaban J connectivity index is 1.63. The van der Waals surface area contributed by atoms with Crippen LogP contribution in [-0.4, -0.2) is 51.2 Å². The second kappa shape index (κ2) is 10.8. The molecule has 0 atom stereocenters. The summed E-state index contributed by atoms with van der Waals surface area (Å²) in [4.78, 5) is 14.0. The molecule has 0 bridgehead atoms. The summed E-state index contributed by atoms with van der Waals surface area (Å²) >= 11 is 3.39. The predicted octanol–water partition coefficient (Wildman–Crippen LogP) is 3.13. The molecule has 0 fully saturated rings. The van der Waals surface area contributed by atoms with Crippen molar-refractivity contribution in [2.45, 2.75) is 6.42 Å². The van der Waals surface area contributed by atoms with Crippen molar-refractivity contribution in [1.29, 1.82) is 0 Å². The van der Waals surface area contributed by atoms with Gasteiger partial charge in [-0.25, -0.2) is 0 Å². The molecular formula is C20H25BrN2O3. The van der Waals surface area contributed by atoms with Gasteiger partial charge in [0.05, 0.1) is 13.7 Å². The number of rotatable bonds is 10. The number of carbonyl (C=O) groups is 1. The Morgan fingerprint density at radius 3 is 2.62 bits per heavy atom. The fourth-order valence-electron chi connectivity index (χ4n) is 2.48. The van der Waals surface area contributed by atoms with Gasteiger partial charge >= 0.3 is 0 Å². The summed E-state index contributed by atoms with van der Waals surface area (Å²) in [5.41, 5.74) is 1.09. The van der Waals surface area contributed by atoms with Crippen LogP contribution in [0.25, 0.3) is 0 Å². The van der Waals surface area contributed by atoms with E-state index in [9.17, 15) is 4.79 Å². The molecule has 0 heterocycles. The van der Waals surface area contributed by atoms with Gasteiger partial charge in [0.2, 0.25) is 5.91 Å². The molecule has 5 nitrogen and oxygen atoms in total. The number of nitrogens with one attached hydrogen (secondary N) is 1. The van der Waals surface area contributed by atoms with E-state index >= 15 is 0 Å². The molecule has 0 aromatic heterocycles. The van der Waals surface area contributed by atoms with E-state index in [1.54, 1.807) is 7.11 Å². The average Bonchev–Trinajstić information content (AvgIpc) is 2.63. The summed E-state index contributed by atoms with van der Waals surface area (Å²) in [7, 11) is 3.56. The first-order valence-corrected chi connectivity index (χ1v) is 9.33. The Labute approximate surface area is 163 Å². The minimum atomic E-state index is 0.00559. The molecule has 2 rings (SSSR count). The fourth-order valence-corrected chi connectivity index (χ4v) is 2.74. The second-order valence-corrected chi connectivity index (χ2v) is 6.87. The Kier molecular flexibility index (Phi) is 8.44. The van der Waals surface area contributed by atoms with Crippen LogP contribution in [0.5, 0.6) is 11.5 Å². The number of benzene rings is 2. The van der Waals surface area contributed by atoms with Gasteiger partial charge in [0, 0.05) is 17.6 Å². The molecule has 0 saturated carbocycles. The van der Waals surface area contributed by atoms with Crippen molar-refractivity contribution in [2.75, 3.05) is 40.4 Å². The first-order chi connectivity index (χ1) is 12.6. The number of halogens is 1. The van der Waals surface area contributed by atoms with Crippen molar-refractivity contribution >= 4 is 21.8 Å². The Hall–Kier alpha value is -2.05. The highest BCUT2D eigenvalue weighted by atomic mass is 79.9. The molecule has 0 aliphatic carbocycles. The zero-order valence-corrected chi connectivity index (χ0v) is 16.8. The molecule has 26 heavy (non-hydrogen) atoms. The molecule has 0 spiro atoms. The summed E-state index contributed by atoms with van der Waals surface area (Å²) in [6.07, 6.45) is 0.742. The molecule has 0 saturated heterocycles. The van der Waals surface area contributed by atoms with Crippen molar-refractivity contribution in [3.05, 3.63) is 58.6 Å². The van der Waals surface area contributed by atoms with Gasteiger partial charge in [0.1, 0.15) is 18.1 Å². The minimum Gasteiger partial charge on any atom is -0.496 e. The van der Waals surface area contributed by atoms with Gasteiger partial charge in [0.15, 0.2) is 0 Å². The van der Waals surface area contributed by atoms with Gasteiger partial charge in [-0.3, -0.25) is 9.69 Å². The number of hydrogen-bond acceptors (Lipinski definition) is 4. The molecule has 1 amide bonds. The quantitative estimate of drug-likeness (QED) is 0.641. The van der Waals surface area contributed by atoms with Gasteiger partial charge in [-0.1, -0.05) is 34.1 Å². The number of carbonyl (C=O) groups excluding carboxylic acids is 1. The number of hydrogen-bond donors (Lipinski definition) is 1. The summed E-state index contributed by atoms with van der Waals surface area (Å²) in [6.45, 7) is 2.14. The molecule has 1 N–H and O–H groups in total. The van der Waals surface area contributed by atoms with Gasteiger partial charge in [0.25, 0.3) is 0 Å². The third-order valence-corrected chi connectivity index (χ3v) is 4.41. The number of amides is 1. The van der Waals surface area contributed by atoms with Crippen LogP contribution in [0.4, 0.5) is 0 Å². The molecule has 2 aromatic carbocycles. The van der Waals surface area contributed by atoms with Crippen LogP contribution in [0, 0.1) is 0 Å². The van der Waals surface area contributed by atoms with Crippen LogP contribution < -0.4 is 14.8 Å². The Morgan fingerprint density at radius 2 is 1.88 bits per heavy atom. The molecule has 0 unspecified atom stereocenters. The third-order valence-electron chi connectivity index (χ3n) is 3.88. The van der Waals surface area contributed by atoms with Crippen LogP contribution >= 0.6 is 15.9 Å². The van der Waals surface area contributed by atoms with Gasteiger partial charge < -0.3 is 14.8 Å². The van der Waals surface area contributed by atoms with E-state index in [1.807, 2.05) is 60.5 Å². The maximum Gasteiger partial charge on any atom is 0.234 e. The molecule has 140 valence electrons. The maximum absolute atomic E-state index is 12.0. The SMILES string of the molecule is COc1ccccc1CCNC(=O)CN(C)CCOc1ccc(Br)cc1. The maximum atomic E-state index is 12.0. The lowest BCUT2D eigenvalue weighted by molar-refractivity contribution is -0.121. The minimum absolute atomic E-state index is 0.00559. The van der Waals surface area contributed by atoms with Gasteiger partial charge in [-0.15, -0.1) is 0 Å². The molecule has 0 aliphatic rings. The van der Waals surface area contributed by atoms with Crippen LogP contribution in [-0.2, 0) is 11.2 Å². The normalized spacial score (nSPS) is 10.6. The topological polar surface area (TPSA) is 50.8 Å². The summed E-state index contributed by atoms with van der Waals surface area (Å²) in [5, 5.41) is 2.95. The highest BCUT2D eigenvalue weighted by Gasteiger charge is 2.07. The first-order valence-electron chi connectivity index (χ1n) is 8.54. The van der Waals surface area contributed by atoms with Gasteiger partial charge in [-0.05, 0) is 49.4 Å². The predicted molar refractivity (Wildman–Crippen MR) is 107 cm³/mol. The third kappa shape index (κ3) is 7.06. The van der Waals surface area contributed by atoms with E-state index in [1.165, 1.54) is 0 Å². The van der Waals surface area contributed by atoms with Crippen LogP contribution in [0.3, 0.4) is 0 Å². The van der Waals surface area contributed by atoms with Gasteiger partial charge in [-0.2, -0.15) is 0 Å². The van der Waals surface area contributed by atoms with E-state index in [0.29, 0.717) is 26.2 Å². The highest BCUT2D eigenvalue weighted by molar-refractivity contribution is 9.10. The van der Waals surface area contributed by atoms with E-state index in [0.717, 1.165) is 28.0 Å². The zero-order chi connectivity index (χ0) is 18.8. The molecule has 2 aromatic rings. The van der Waals surface area contributed by atoms with E-state index in [-0.39, 0.29) is 5.91 Å². The standard InChI is InChI=1S/C20H25BrN2O3/c1-23(13-14-26-18-9-7-17(21)8-10-18)15-20(24)22-12-11-16-5-3-4-6-19(16)25-2/h3-10H,11-15H2,1-2H3,(H,22,24). The van der Waals surface area contributed by atoms with E-state index in [2.05, 4.69) is 21.2 Å². The smallest absolute Gasteiger partial charge is 0.234 e. The lowest BCUT2D eigenvalue weighted by Gasteiger charge is -2.17. The van der Waals surface area contributed by atoms with Crippen LogP contribution in [0.15, 0.2) is 53.0 Å². The molecular weight excluding hydrogens is 396 g/mol. The van der Waals surface area contributed by atoms with Crippen molar-refractivity contribution in [1.82, 2.24) is 10.2 Å². The monoisotopic (exact) mass is 420 g/mol. The highest BCUT2D eigenvalue weighted by Crippen LogP contribution is 2.17. The van der Waals surface area contributed by atoms with Crippen LogP contribution in [0.1, 0.15) is 5.56 Å². The van der Waals surface area contributed by atoms with Crippen molar-refractivity contribution in [3.63, 3.8) is 0 Å². The second-order valence-electron chi connectivity index (χ2n) is 5.95. The van der Waals surface area contributed by atoms with Crippen LogP contribution in [0.2, 0.25) is 0 Å². The number of nitrogens with zero attached hydrogens (tertiary/aromatic N) is 1. The summed E-state index contributed by atoms with van der Waals surface area (Å²) in [6, 6.07) is 15.5. The largest absolute Gasteiger partial charge is 0.496 e. The van der Waals surface area contributed by atoms with E-state index < -0.39 is 0 Å². The molecule has 6 heteroatoms. The Morgan fingerprint density at radius 1 is 1.15 bits per heavy atom. The number of para-hydroxylation sites is 1. The first kappa shape index (κ1) is 20.3. The van der Waals surface area contributed by atoms with E-state index in [4.69, 9.17) is 9.47 Å². The molecule has 0 radical (unpaired) electrons. The molecule has 0 aliphatic heterocycles.